The molecule has 2 N–H and O–H groups in total. The van der Waals surface area contributed by atoms with E-state index in [-0.39, 0.29) is 11.3 Å². The second kappa shape index (κ2) is 5.79. The molecule has 1 aromatic heterocycles. The zero-order valence-corrected chi connectivity index (χ0v) is 13.0. The van der Waals surface area contributed by atoms with Crippen LogP contribution in [0, 0.1) is 0 Å². The molecule has 0 radical (unpaired) electrons. The predicted molar refractivity (Wildman–Crippen MR) is 96.1 cm³/mol. The third kappa shape index (κ3) is 2.52. The first-order chi connectivity index (χ1) is 12.1. The Balaban J connectivity index is 1.81. The summed E-state index contributed by atoms with van der Waals surface area (Å²) in [4.78, 5) is 24.8. The normalized spacial score (nSPS) is 10.9. The number of aromatic hydroxyl groups is 1. The van der Waals surface area contributed by atoms with Crippen LogP contribution in [-0.4, -0.2) is 11.0 Å². The van der Waals surface area contributed by atoms with Gasteiger partial charge in [0.05, 0.1) is 5.39 Å². The fraction of sp³-hybridized carbons (Fsp3) is 0. The van der Waals surface area contributed by atoms with Crippen molar-refractivity contribution >= 4 is 33.3 Å². The van der Waals surface area contributed by atoms with E-state index < -0.39 is 17.1 Å². The van der Waals surface area contributed by atoms with Gasteiger partial charge in [-0.05, 0) is 23.6 Å². The summed E-state index contributed by atoms with van der Waals surface area (Å²) in [7, 11) is 0. The van der Waals surface area contributed by atoms with Crippen LogP contribution in [0.3, 0.4) is 0 Å². The van der Waals surface area contributed by atoms with Gasteiger partial charge >= 0.3 is 5.63 Å². The van der Waals surface area contributed by atoms with E-state index >= 15 is 0 Å². The molecule has 0 saturated carbocycles. The Hall–Kier alpha value is -3.60. The highest BCUT2D eigenvalue weighted by molar-refractivity contribution is 6.11. The molecule has 0 fully saturated rings. The summed E-state index contributed by atoms with van der Waals surface area (Å²) >= 11 is 0. The summed E-state index contributed by atoms with van der Waals surface area (Å²) in [6.45, 7) is 0. The van der Waals surface area contributed by atoms with Gasteiger partial charge in [0.25, 0.3) is 5.91 Å². The van der Waals surface area contributed by atoms with Crippen LogP contribution in [0.5, 0.6) is 5.75 Å². The molecular formula is C20H13NO4. The van der Waals surface area contributed by atoms with Crippen LogP contribution in [-0.2, 0) is 0 Å². The summed E-state index contributed by atoms with van der Waals surface area (Å²) in [6.07, 6.45) is 0. The van der Waals surface area contributed by atoms with Crippen LogP contribution in [0.15, 0.2) is 75.9 Å². The number of nitrogens with one attached hydrogen (secondary N) is 1. The Bertz CT molecular complexity index is 1170. The molecule has 0 spiro atoms. The Morgan fingerprint density at radius 1 is 0.880 bits per heavy atom. The second-order valence-electron chi connectivity index (χ2n) is 5.59. The minimum absolute atomic E-state index is 0.228. The van der Waals surface area contributed by atoms with Gasteiger partial charge in [-0.15, -0.1) is 0 Å². The van der Waals surface area contributed by atoms with E-state index in [0.717, 1.165) is 10.8 Å². The number of carbonyl (C=O) groups is 1. The molecule has 4 rings (SSSR count). The van der Waals surface area contributed by atoms with Crippen LogP contribution in [0.2, 0.25) is 0 Å². The first-order valence-corrected chi connectivity index (χ1v) is 7.69. The Morgan fingerprint density at radius 3 is 2.40 bits per heavy atom. The molecule has 4 aromatic rings. The molecule has 5 heteroatoms. The molecule has 0 aliphatic rings. The maximum Gasteiger partial charge on any atom is 0.353 e. The van der Waals surface area contributed by atoms with Crippen LogP contribution in [0.25, 0.3) is 21.7 Å². The Kier molecular flexibility index (Phi) is 3.47. The average Bonchev–Trinajstić information content (AvgIpc) is 2.62. The minimum Gasteiger partial charge on any atom is -0.506 e. The SMILES string of the molecule is O=C(Nc1cccc2ccccc12)c1c(O)c2ccccc2oc1=O. The molecule has 122 valence electrons. The van der Waals surface area contributed by atoms with Crippen molar-refractivity contribution in [2.45, 2.75) is 0 Å². The van der Waals surface area contributed by atoms with Crippen molar-refractivity contribution in [3.8, 4) is 5.75 Å². The van der Waals surface area contributed by atoms with Gasteiger partial charge in [0.2, 0.25) is 0 Å². The van der Waals surface area contributed by atoms with Crippen molar-refractivity contribution in [1.29, 1.82) is 0 Å². The quantitative estimate of drug-likeness (QED) is 0.546. The molecule has 0 atom stereocenters. The van der Waals surface area contributed by atoms with E-state index in [1.807, 2.05) is 30.3 Å². The number of para-hydroxylation sites is 1. The molecule has 0 bridgehead atoms. The summed E-state index contributed by atoms with van der Waals surface area (Å²) in [6, 6.07) is 19.5. The molecule has 1 heterocycles. The van der Waals surface area contributed by atoms with Gasteiger partial charge in [-0.2, -0.15) is 0 Å². The van der Waals surface area contributed by atoms with Gasteiger partial charge in [-0.25, -0.2) is 4.79 Å². The first kappa shape index (κ1) is 15.0. The van der Waals surface area contributed by atoms with Crippen molar-refractivity contribution in [1.82, 2.24) is 0 Å². The second-order valence-corrected chi connectivity index (χ2v) is 5.59. The van der Waals surface area contributed by atoms with Gasteiger partial charge in [0, 0.05) is 11.1 Å². The van der Waals surface area contributed by atoms with Crippen LogP contribution < -0.4 is 10.9 Å². The van der Waals surface area contributed by atoms with Crippen molar-refractivity contribution in [3.63, 3.8) is 0 Å². The maximum absolute atomic E-state index is 12.6. The molecule has 5 nitrogen and oxygen atoms in total. The van der Waals surface area contributed by atoms with Crippen LogP contribution in [0.4, 0.5) is 5.69 Å². The lowest BCUT2D eigenvalue weighted by molar-refractivity contribution is 0.102. The van der Waals surface area contributed by atoms with Crippen LogP contribution in [0.1, 0.15) is 10.4 Å². The number of hydrogen-bond donors (Lipinski definition) is 2. The van der Waals surface area contributed by atoms with E-state index in [1.54, 1.807) is 36.4 Å². The lowest BCUT2D eigenvalue weighted by Gasteiger charge is -2.10. The van der Waals surface area contributed by atoms with E-state index in [1.165, 1.54) is 0 Å². The average molecular weight is 331 g/mol. The number of rotatable bonds is 2. The molecular weight excluding hydrogens is 318 g/mol. The van der Waals surface area contributed by atoms with Gasteiger partial charge in [0.1, 0.15) is 11.3 Å². The molecule has 0 aliphatic heterocycles. The Labute approximate surface area is 142 Å². The third-order valence-electron chi connectivity index (χ3n) is 4.05. The van der Waals surface area contributed by atoms with E-state index in [0.29, 0.717) is 11.1 Å². The summed E-state index contributed by atoms with van der Waals surface area (Å²) in [5.74, 6) is -1.10. The highest BCUT2D eigenvalue weighted by Gasteiger charge is 2.21. The number of fused-ring (bicyclic) bond motifs is 2. The van der Waals surface area contributed by atoms with Crippen molar-refractivity contribution in [2.75, 3.05) is 5.32 Å². The smallest absolute Gasteiger partial charge is 0.353 e. The van der Waals surface area contributed by atoms with E-state index in [2.05, 4.69) is 5.32 Å². The summed E-state index contributed by atoms with van der Waals surface area (Å²) in [5, 5.41) is 15.2. The Morgan fingerprint density at radius 2 is 1.56 bits per heavy atom. The monoisotopic (exact) mass is 331 g/mol. The van der Waals surface area contributed by atoms with Gasteiger partial charge in [-0.3, -0.25) is 4.79 Å². The number of amides is 1. The number of anilines is 1. The van der Waals surface area contributed by atoms with Crippen molar-refractivity contribution in [3.05, 3.63) is 82.7 Å². The predicted octanol–water partition coefficient (Wildman–Crippen LogP) is 3.90. The third-order valence-corrected chi connectivity index (χ3v) is 4.05. The lowest BCUT2D eigenvalue weighted by atomic mass is 10.1. The fourth-order valence-corrected chi connectivity index (χ4v) is 2.85. The first-order valence-electron chi connectivity index (χ1n) is 7.69. The highest BCUT2D eigenvalue weighted by Crippen LogP contribution is 2.28. The standard InChI is InChI=1S/C20H13NO4/c22-18-14-9-3-4-11-16(14)25-20(24)17(18)19(23)21-15-10-5-7-12-6-1-2-8-13(12)15/h1-11,22H,(H,21,23). The number of hydrogen-bond acceptors (Lipinski definition) is 4. The largest absolute Gasteiger partial charge is 0.506 e. The lowest BCUT2D eigenvalue weighted by Crippen LogP contribution is -2.21. The topological polar surface area (TPSA) is 79.5 Å². The molecule has 0 aliphatic carbocycles. The number of carbonyl (C=O) groups excluding carboxylic acids is 1. The fourth-order valence-electron chi connectivity index (χ4n) is 2.85. The minimum atomic E-state index is -0.881. The molecule has 1 amide bonds. The molecule has 3 aromatic carbocycles. The highest BCUT2D eigenvalue weighted by atomic mass is 16.4. The van der Waals surface area contributed by atoms with Crippen molar-refractivity contribution in [2.24, 2.45) is 0 Å². The van der Waals surface area contributed by atoms with E-state index in [4.69, 9.17) is 4.42 Å². The van der Waals surface area contributed by atoms with Crippen molar-refractivity contribution < 1.29 is 14.3 Å². The summed E-state index contributed by atoms with van der Waals surface area (Å²) < 4.78 is 5.14. The maximum atomic E-state index is 12.6. The van der Waals surface area contributed by atoms with E-state index in [9.17, 15) is 14.7 Å². The van der Waals surface area contributed by atoms with Crippen LogP contribution >= 0.6 is 0 Å². The molecule has 0 unspecified atom stereocenters. The zero-order chi connectivity index (χ0) is 17.4. The van der Waals surface area contributed by atoms with Gasteiger partial charge < -0.3 is 14.8 Å². The molecule has 0 saturated heterocycles. The van der Waals surface area contributed by atoms with Gasteiger partial charge in [0.15, 0.2) is 5.56 Å². The molecule has 25 heavy (non-hydrogen) atoms. The summed E-state index contributed by atoms with van der Waals surface area (Å²) in [5.41, 5.74) is -0.512. The number of benzene rings is 3. The zero-order valence-electron chi connectivity index (χ0n) is 13.0. The van der Waals surface area contributed by atoms with Gasteiger partial charge in [-0.1, -0.05) is 48.5 Å².